The third kappa shape index (κ3) is 4.36. The van der Waals surface area contributed by atoms with Gasteiger partial charge in [0.2, 0.25) is 5.91 Å². The van der Waals surface area contributed by atoms with Crippen LogP contribution in [0.3, 0.4) is 0 Å². The van der Waals surface area contributed by atoms with E-state index in [4.69, 9.17) is 0 Å². The van der Waals surface area contributed by atoms with Gasteiger partial charge in [-0.05, 0) is 37.0 Å². The number of hydrogen-bond donors (Lipinski definition) is 2. The van der Waals surface area contributed by atoms with Gasteiger partial charge in [-0.25, -0.2) is 4.98 Å². The fourth-order valence-corrected chi connectivity index (χ4v) is 3.53. The largest absolute Gasteiger partial charge is 0.348 e. The number of nitrogens with one attached hydrogen (secondary N) is 2. The van der Waals surface area contributed by atoms with E-state index in [0.717, 1.165) is 4.88 Å². The standard InChI is InChI=1S/C19H22N4O2S/c1-3-23(12-18(24)20-13(2)16-9-6-10-26-16)11-17-21-15-8-5-4-7-14(15)19(25)22-17/h4-10,13H,3,11-12H2,1-2H3,(H,20,24)(H,21,22,25)/t13-/m0/s1. The molecule has 0 aliphatic heterocycles. The number of carbonyl (C=O) groups is 1. The average molecular weight is 370 g/mol. The van der Waals surface area contributed by atoms with E-state index in [-0.39, 0.29) is 24.1 Å². The maximum Gasteiger partial charge on any atom is 0.258 e. The second-order valence-electron chi connectivity index (χ2n) is 6.14. The number of H-pyrrole nitrogens is 1. The van der Waals surface area contributed by atoms with Crippen LogP contribution >= 0.6 is 11.3 Å². The molecule has 0 aliphatic rings. The fraction of sp³-hybridized carbons (Fsp3) is 0.316. The zero-order valence-electron chi connectivity index (χ0n) is 14.9. The van der Waals surface area contributed by atoms with Crippen molar-refractivity contribution < 1.29 is 4.79 Å². The normalized spacial score (nSPS) is 12.4. The molecular formula is C19H22N4O2S. The Morgan fingerprint density at radius 1 is 1.31 bits per heavy atom. The molecule has 0 radical (unpaired) electrons. The highest BCUT2D eigenvalue weighted by Gasteiger charge is 2.15. The number of nitrogens with zero attached hydrogens (tertiary/aromatic N) is 2. The van der Waals surface area contributed by atoms with Gasteiger partial charge in [-0.3, -0.25) is 14.5 Å². The van der Waals surface area contributed by atoms with Gasteiger partial charge in [0.05, 0.1) is 30.0 Å². The van der Waals surface area contributed by atoms with Gasteiger partial charge in [0.25, 0.3) is 5.56 Å². The fourth-order valence-electron chi connectivity index (χ4n) is 2.80. The first-order valence-electron chi connectivity index (χ1n) is 8.60. The van der Waals surface area contributed by atoms with Crippen LogP contribution in [0.5, 0.6) is 0 Å². The Balaban J connectivity index is 1.66. The van der Waals surface area contributed by atoms with Crippen molar-refractivity contribution in [2.75, 3.05) is 13.1 Å². The van der Waals surface area contributed by atoms with Crippen LogP contribution in [0, 0.1) is 0 Å². The Morgan fingerprint density at radius 3 is 2.85 bits per heavy atom. The molecule has 0 bridgehead atoms. The number of thiophene rings is 1. The van der Waals surface area contributed by atoms with Crippen molar-refractivity contribution in [2.45, 2.75) is 26.4 Å². The Morgan fingerprint density at radius 2 is 2.12 bits per heavy atom. The number of amides is 1. The number of carbonyl (C=O) groups excluding carboxylic acids is 1. The summed E-state index contributed by atoms with van der Waals surface area (Å²) in [6.07, 6.45) is 0. The Kier molecular flexibility index (Phi) is 5.80. The van der Waals surface area contributed by atoms with Gasteiger partial charge >= 0.3 is 0 Å². The summed E-state index contributed by atoms with van der Waals surface area (Å²) in [5, 5.41) is 5.58. The van der Waals surface area contributed by atoms with E-state index in [1.165, 1.54) is 0 Å². The van der Waals surface area contributed by atoms with Crippen LogP contribution in [0.15, 0.2) is 46.6 Å². The predicted molar refractivity (Wildman–Crippen MR) is 104 cm³/mol. The molecule has 3 aromatic rings. The molecule has 1 aromatic carbocycles. The van der Waals surface area contributed by atoms with E-state index >= 15 is 0 Å². The van der Waals surface area contributed by atoms with Crippen molar-refractivity contribution in [1.29, 1.82) is 0 Å². The minimum Gasteiger partial charge on any atom is -0.348 e. The molecule has 6 nitrogen and oxygen atoms in total. The van der Waals surface area contributed by atoms with Crippen LogP contribution < -0.4 is 10.9 Å². The highest BCUT2D eigenvalue weighted by Crippen LogP contribution is 2.17. The third-order valence-electron chi connectivity index (χ3n) is 4.20. The van der Waals surface area contributed by atoms with Crippen molar-refractivity contribution in [3.05, 3.63) is 62.8 Å². The summed E-state index contributed by atoms with van der Waals surface area (Å²) in [6, 6.07) is 11.2. The number of aromatic amines is 1. The Bertz CT molecular complexity index is 936. The predicted octanol–water partition coefficient (Wildman–Crippen LogP) is 2.68. The maximum atomic E-state index is 12.3. The van der Waals surface area contributed by atoms with Gasteiger partial charge in [0.15, 0.2) is 0 Å². The highest BCUT2D eigenvalue weighted by atomic mass is 32.1. The number of hydrogen-bond acceptors (Lipinski definition) is 5. The number of fused-ring (bicyclic) bond motifs is 1. The Hall–Kier alpha value is -2.51. The SMILES string of the molecule is CCN(CC(=O)N[C@@H](C)c1cccs1)Cc1nc2ccccc2c(=O)[nH]1. The van der Waals surface area contributed by atoms with Crippen LogP contribution in [0.4, 0.5) is 0 Å². The molecular weight excluding hydrogens is 348 g/mol. The summed E-state index contributed by atoms with van der Waals surface area (Å²) < 4.78 is 0. The minimum absolute atomic E-state index is 0.0141. The van der Waals surface area contributed by atoms with Crippen LogP contribution in [0.1, 0.15) is 30.6 Å². The number of aromatic nitrogens is 2. The lowest BCUT2D eigenvalue weighted by Gasteiger charge is -2.21. The number of rotatable bonds is 7. The molecule has 7 heteroatoms. The van der Waals surface area contributed by atoms with E-state index in [2.05, 4.69) is 15.3 Å². The summed E-state index contributed by atoms with van der Waals surface area (Å²) in [7, 11) is 0. The first kappa shape index (κ1) is 18.3. The summed E-state index contributed by atoms with van der Waals surface area (Å²) in [5.41, 5.74) is 0.510. The molecule has 3 rings (SSSR count). The lowest BCUT2D eigenvalue weighted by molar-refractivity contribution is -0.123. The summed E-state index contributed by atoms with van der Waals surface area (Å²) >= 11 is 1.62. The minimum atomic E-state index is -0.155. The summed E-state index contributed by atoms with van der Waals surface area (Å²) in [4.78, 5) is 34.9. The summed E-state index contributed by atoms with van der Waals surface area (Å²) in [6.45, 7) is 5.30. The van der Waals surface area contributed by atoms with Crippen molar-refractivity contribution in [2.24, 2.45) is 0 Å². The molecule has 136 valence electrons. The van der Waals surface area contributed by atoms with Gasteiger partial charge in [-0.2, -0.15) is 0 Å². The van der Waals surface area contributed by atoms with Crippen molar-refractivity contribution in [1.82, 2.24) is 20.2 Å². The molecule has 0 spiro atoms. The second-order valence-corrected chi connectivity index (χ2v) is 7.12. The zero-order chi connectivity index (χ0) is 18.5. The van der Waals surface area contributed by atoms with Crippen molar-refractivity contribution in [3.63, 3.8) is 0 Å². The smallest absolute Gasteiger partial charge is 0.258 e. The monoisotopic (exact) mass is 370 g/mol. The molecule has 26 heavy (non-hydrogen) atoms. The van der Waals surface area contributed by atoms with Crippen LogP contribution in [0.2, 0.25) is 0 Å². The number of benzene rings is 1. The molecule has 1 atom stereocenters. The topological polar surface area (TPSA) is 78.1 Å². The maximum absolute atomic E-state index is 12.3. The first-order chi connectivity index (χ1) is 12.6. The van der Waals surface area contributed by atoms with Gasteiger partial charge in [0, 0.05) is 4.88 Å². The highest BCUT2D eigenvalue weighted by molar-refractivity contribution is 7.10. The quantitative estimate of drug-likeness (QED) is 0.670. The van der Waals surface area contributed by atoms with E-state index in [9.17, 15) is 9.59 Å². The molecule has 2 heterocycles. The molecule has 0 fully saturated rings. The average Bonchev–Trinajstić information content (AvgIpc) is 3.16. The zero-order valence-corrected chi connectivity index (χ0v) is 15.7. The number of para-hydroxylation sites is 1. The second kappa shape index (κ2) is 8.25. The molecule has 1 amide bonds. The lowest BCUT2D eigenvalue weighted by atomic mass is 10.2. The van der Waals surface area contributed by atoms with E-state index in [1.54, 1.807) is 17.4 Å². The van der Waals surface area contributed by atoms with E-state index in [0.29, 0.717) is 29.8 Å². The van der Waals surface area contributed by atoms with Gasteiger partial charge in [-0.1, -0.05) is 25.1 Å². The van der Waals surface area contributed by atoms with Gasteiger partial charge < -0.3 is 10.3 Å². The molecule has 2 N–H and O–H groups in total. The molecule has 0 aliphatic carbocycles. The molecule has 0 saturated carbocycles. The molecule has 0 saturated heterocycles. The van der Waals surface area contributed by atoms with Crippen molar-refractivity contribution in [3.8, 4) is 0 Å². The Labute approximate surface area is 155 Å². The van der Waals surface area contributed by atoms with E-state index < -0.39 is 0 Å². The summed E-state index contributed by atoms with van der Waals surface area (Å²) in [5.74, 6) is 0.519. The van der Waals surface area contributed by atoms with Gasteiger partial charge in [-0.15, -0.1) is 11.3 Å². The first-order valence-corrected chi connectivity index (χ1v) is 9.48. The van der Waals surface area contributed by atoms with Crippen molar-refractivity contribution >= 4 is 28.1 Å². The molecule has 2 aromatic heterocycles. The van der Waals surface area contributed by atoms with Crippen LogP contribution in [-0.2, 0) is 11.3 Å². The number of likely N-dealkylation sites (N-methyl/N-ethyl adjacent to an activating group) is 1. The molecule has 0 unspecified atom stereocenters. The lowest BCUT2D eigenvalue weighted by Crippen LogP contribution is -2.38. The van der Waals surface area contributed by atoms with Crippen LogP contribution in [-0.4, -0.2) is 33.9 Å². The van der Waals surface area contributed by atoms with E-state index in [1.807, 2.05) is 54.5 Å². The van der Waals surface area contributed by atoms with Crippen LogP contribution in [0.25, 0.3) is 10.9 Å². The van der Waals surface area contributed by atoms with Gasteiger partial charge in [0.1, 0.15) is 5.82 Å². The third-order valence-corrected chi connectivity index (χ3v) is 5.25.